The zero-order valence-corrected chi connectivity index (χ0v) is 10.1. The third-order valence-corrected chi connectivity index (χ3v) is 2.48. The molecule has 8 heteroatoms. The van der Waals surface area contributed by atoms with Gasteiger partial charge in [-0.25, -0.2) is 0 Å². The molecular weight excluding hydrogens is 251 g/mol. The molecule has 13 heavy (non-hydrogen) atoms. The van der Waals surface area contributed by atoms with E-state index < -0.39 is 0 Å². The maximum atomic E-state index is 5.23. The molecule has 0 aromatic heterocycles. The molecule has 0 amide bonds. The molecule has 0 bridgehead atoms. The van der Waals surface area contributed by atoms with E-state index in [1.54, 1.807) is 0 Å². The molecule has 0 radical (unpaired) electrons. The van der Waals surface area contributed by atoms with E-state index in [1.807, 2.05) is 0 Å². The zero-order valence-electron chi connectivity index (χ0n) is 7.00. The lowest BCUT2D eigenvalue weighted by Gasteiger charge is -1.93. The van der Waals surface area contributed by atoms with Crippen LogP contribution in [0, 0.1) is 0 Å². The Morgan fingerprint density at radius 3 is 1.46 bits per heavy atom. The predicted octanol–water partition coefficient (Wildman–Crippen LogP) is -9.00. The lowest BCUT2D eigenvalue weighted by atomic mass is 10.6. The summed E-state index contributed by atoms with van der Waals surface area (Å²) in [5.74, 6) is 1.84. The highest BCUT2D eigenvalue weighted by Crippen LogP contribution is 2.04. The average Bonchev–Trinajstić information content (AvgIpc) is 1.85. The summed E-state index contributed by atoms with van der Waals surface area (Å²) in [5.41, 5.74) is 10.5. The molecule has 0 aliphatic carbocycles. The summed E-state index contributed by atoms with van der Waals surface area (Å²) in [6, 6.07) is 0. The van der Waals surface area contributed by atoms with Crippen LogP contribution in [0.3, 0.4) is 0 Å². The average molecular weight is 265 g/mol. The van der Waals surface area contributed by atoms with Crippen molar-refractivity contribution in [1.29, 1.82) is 0 Å². The van der Waals surface area contributed by atoms with Crippen molar-refractivity contribution in [3.8, 4) is 0 Å². The van der Waals surface area contributed by atoms with Crippen molar-refractivity contribution >= 4 is 33.9 Å². The van der Waals surface area contributed by atoms with Crippen LogP contribution in [0.4, 0.5) is 0 Å². The van der Waals surface area contributed by atoms with Gasteiger partial charge in [-0.2, -0.15) is 0 Å². The molecular formula is C5H14Cl2N4S2. The highest BCUT2D eigenvalue weighted by Gasteiger charge is 1.98. The second-order valence-corrected chi connectivity index (χ2v) is 4.19. The number of rotatable bonds is 4. The fourth-order valence-corrected chi connectivity index (χ4v) is 1.67. The molecule has 0 unspecified atom stereocenters. The summed E-state index contributed by atoms with van der Waals surface area (Å²) < 4.78 is 0. The van der Waals surface area contributed by atoms with Crippen LogP contribution in [0.15, 0.2) is 0 Å². The van der Waals surface area contributed by atoms with Crippen LogP contribution >= 0.6 is 23.5 Å². The van der Waals surface area contributed by atoms with Crippen molar-refractivity contribution in [1.82, 2.24) is 0 Å². The van der Waals surface area contributed by atoms with Gasteiger partial charge >= 0.3 is 0 Å². The molecule has 0 fully saturated rings. The minimum absolute atomic E-state index is 0. The third-order valence-electron chi connectivity index (χ3n) is 0.826. The van der Waals surface area contributed by atoms with Gasteiger partial charge in [-0.05, 0) is 29.9 Å². The summed E-state index contributed by atoms with van der Waals surface area (Å²) in [7, 11) is 0. The van der Waals surface area contributed by atoms with Gasteiger partial charge in [-0.3, -0.25) is 22.3 Å². The van der Waals surface area contributed by atoms with Gasteiger partial charge in [0.15, 0.2) is 0 Å². The van der Waals surface area contributed by atoms with E-state index in [0.29, 0.717) is 10.3 Å². The standard InChI is InChI=1S/C5H12N4S2.2ClH/c6-4(7)10-2-1-3-11-5(8)9;;/h1-3H2,(H3,6,7)(H3,8,9);2*1H. The Labute approximate surface area is 98.8 Å². The maximum Gasteiger partial charge on any atom is 0.299 e. The van der Waals surface area contributed by atoms with Gasteiger partial charge in [0.2, 0.25) is 0 Å². The molecule has 0 aromatic carbocycles. The number of thioether (sulfide) groups is 2. The maximum absolute atomic E-state index is 5.23. The van der Waals surface area contributed by atoms with E-state index in [9.17, 15) is 0 Å². The van der Waals surface area contributed by atoms with Crippen LogP contribution in [0.5, 0.6) is 0 Å². The van der Waals surface area contributed by atoms with E-state index in [4.69, 9.17) is 22.3 Å². The molecule has 8 N–H and O–H groups in total. The second-order valence-electron chi connectivity index (χ2n) is 1.86. The van der Waals surface area contributed by atoms with Crippen LogP contribution in [-0.2, 0) is 0 Å². The van der Waals surface area contributed by atoms with Crippen molar-refractivity contribution < 1.29 is 35.6 Å². The molecule has 0 aliphatic heterocycles. The summed E-state index contributed by atoms with van der Waals surface area (Å²) >= 11 is 2.90. The molecule has 0 saturated carbocycles. The van der Waals surface area contributed by atoms with E-state index in [1.165, 1.54) is 23.5 Å². The van der Waals surface area contributed by atoms with E-state index >= 15 is 0 Å². The van der Waals surface area contributed by atoms with E-state index in [-0.39, 0.29) is 24.8 Å². The summed E-state index contributed by atoms with van der Waals surface area (Å²) in [6.45, 7) is 0. The van der Waals surface area contributed by atoms with Crippen molar-refractivity contribution in [2.75, 3.05) is 11.5 Å². The molecule has 0 saturated heterocycles. The number of hydrogen-bond acceptors (Lipinski definition) is 2. The third kappa shape index (κ3) is 18.9. The monoisotopic (exact) mass is 264 g/mol. The molecule has 80 valence electrons. The van der Waals surface area contributed by atoms with Crippen molar-refractivity contribution in [3.63, 3.8) is 0 Å². The topological polar surface area (TPSA) is 103 Å². The Hall–Kier alpha value is 0.220. The van der Waals surface area contributed by atoms with Crippen LogP contribution in [0.1, 0.15) is 6.42 Å². The molecule has 0 atom stereocenters. The molecule has 0 heterocycles. The molecule has 0 aromatic rings. The smallest absolute Gasteiger partial charge is 0.299 e. The Balaban J connectivity index is -0.000000500. The van der Waals surface area contributed by atoms with Crippen LogP contribution in [0.25, 0.3) is 0 Å². The van der Waals surface area contributed by atoms with Gasteiger partial charge in [0.25, 0.3) is 10.3 Å². The molecule has 0 spiro atoms. The van der Waals surface area contributed by atoms with Gasteiger partial charge in [0, 0.05) is 11.5 Å². The number of halogens is 2. The van der Waals surface area contributed by atoms with Crippen LogP contribution < -0.4 is 47.1 Å². The van der Waals surface area contributed by atoms with Gasteiger partial charge in [0.05, 0.1) is 0 Å². The van der Waals surface area contributed by atoms with Crippen LogP contribution in [0.2, 0.25) is 0 Å². The fraction of sp³-hybridized carbons (Fsp3) is 0.600. The summed E-state index contributed by atoms with van der Waals surface area (Å²) in [4.78, 5) is 0. The van der Waals surface area contributed by atoms with Crippen molar-refractivity contribution in [3.05, 3.63) is 0 Å². The summed E-state index contributed by atoms with van der Waals surface area (Å²) in [6.07, 6.45) is 1.01. The largest absolute Gasteiger partial charge is 1.00 e. The fourth-order valence-electron chi connectivity index (χ4n) is 0.439. The van der Waals surface area contributed by atoms with Crippen molar-refractivity contribution in [2.24, 2.45) is 11.5 Å². The lowest BCUT2D eigenvalue weighted by molar-refractivity contribution is -0.110. The van der Waals surface area contributed by atoms with E-state index in [2.05, 4.69) is 0 Å². The Kier molecular flexibility index (Phi) is 17.8. The number of amidine groups is 2. The van der Waals surface area contributed by atoms with Crippen LogP contribution in [-0.4, -0.2) is 21.8 Å². The lowest BCUT2D eigenvalue weighted by Crippen LogP contribution is -3.00. The SMILES string of the molecule is NC(=[NH2+])SCCCSC(N)=[NH2+].[Cl-].[Cl-]. The predicted molar refractivity (Wildman–Crippen MR) is 51.8 cm³/mol. The first-order valence-electron chi connectivity index (χ1n) is 3.14. The second kappa shape index (κ2) is 12.2. The Morgan fingerprint density at radius 1 is 0.923 bits per heavy atom. The van der Waals surface area contributed by atoms with Gasteiger partial charge in [0.1, 0.15) is 0 Å². The first-order chi connectivity index (χ1) is 5.13. The minimum Gasteiger partial charge on any atom is -1.00 e. The molecule has 0 rings (SSSR count). The minimum atomic E-state index is 0. The number of hydrogen-bond donors (Lipinski definition) is 4. The normalized spacial score (nSPS) is 8.00. The number of nitrogens with two attached hydrogens (primary N) is 4. The first-order valence-corrected chi connectivity index (χ1v) is 5.11. The van der Waals surface area contributed by atoms with Gasteiger partial charge < -0.3 is 24.8 Å². The quantitative estimate of drug-likeness (QED) is 0.230. The highest BCUT2D eigenvalue weighted by molar-refractivity contribution is 8.14. The Bertz CT molecular complexity index is 139. The Morgan fingerprint density at radius 2 is 1.23 bits per heavy atom. The molecule has 0 aliphatic rings. The zero-order chi connectivity index (χ0) is 8.69. The summed E-state index contributed by atoms with van der Waals surface area (Å²) in [5, 5.41) is 11.3. The van der Waals surface area contributed by atoms with E-state index in [0.717, 1.165) is 17.9 Å². The van der Waals surface area contributed by atoms with Gasteiger partial charge in [-0.15, -0.1) is 0 Å². The van der Waals surface area contributed by atoms with Gasteiger partial charge in [-0.1, -0.05) is 0 Å². The molecule has 4 nitrogen and oxygen atoms in total. The van der Waals surface area contributed by atoms with Crippen molar-refractivity contribution in [2.45, 2.75) is 6.42 Å². The first kappa shape index (κ1) is 18.9. The highest BCUT2D eigenvalue weighted by atomic mass is 35.5.